The second kappa shape index (κ2) is 7.71. The Hall–Kier alpha value is -2.74. The molecule has 150 valence electrons. The van der Waals surface area contributed by atoms with Gasteiger partial charge in [-0.15, -0.1) is 0 Å². The monoisotopic (exact) mass is 404 g/mol. The number of fused-ring (bicyclic) bond motifs is 1. The van der Waals surface area contributed by atoms with Gasteiger partial charge in [0.25, 0.3) is 0 Å². The SMILES string of the molecule is Cc1ccc(C(C)NC(=O)CN(c2ccc3c(c2)OCO3)S(C)(=O)=O)cc1C. The van der Waals surface area contributed by atoms with Crippen LogP contribution in [0.1, 0.15) is 29.7 Å². The van der Waals surface area contributed by atoms with Crippen LogP contribution in [-0.4, -0.2) is 33.9 Å². The summed E-state index contributed by atoms with van der Waals surface area (Å²) in [6.07, 6.45) is 1.07. The Kier molecular flexibility index (Phi) is 5.51. The minimum atomic E-state index is -3.67. The van der Waals surface area contributed by atoms with E-state index in [4.69, 9.17) is 9.47 Å². The fraction of sp³-hybridized carbons (Fsp3) is 0.350. The van der Waals surface area contributed by atoms with E-state index in [1.54, 1.807) is 18.2 Å². The number of nitrogens with one attached hydrogen (secondary N) is 1. The van der Waals surface area contributed by atoms with Crippen molar-refractivity contribution in [1.82, 2.24) is 5.32 Å². The highest BCUT2D eigenvalue weighted by Crippen LogP contribution is 2.36. The molecule has 0 radical (unpaired) electrons. The van der Waals surface area contributed by atoms with Gasteiger partial charge < -0.3 is 14.8 Å². The van der Waals surface area contributed by atoms with Gasteiger partial charge in [0.05, 0.1) is 18.0 Å². The van der Waals surface area contributed by atoms with Crippen molar-refractivity contribution in [2.24, 2.45) is 0 Å². The molecular formula is C20H24N2O5S. The van der Waals surface area contributed by atoms with E-state index in [0.717, 1.165) is 21.7 Å². The average Bonchev–Trinajstić information content (AvgIpc) is 3.08. The molecule has 0 spiro atoms. The van der Waals surface area contributed by atoms with Crippen molar-refractivity contribution in [2.75, 3.05) is 23.9 Å². The van der Waals surface area contributed by atoms with Gasteiger partial charge in [-0.1, -0.05) is 18.2 Å². The van der Waals surface area contributed by atoms with Crippen LogP contribution in [0, 0.1) is 13.8 Å². The zero-order valence-corrected chi connectivity index (χ0v) is 17.2. The molecule has 2 aromatic carbocycles. The first-order chi connectivity index (χ1) is 13.1. The Morgan fingerprint density at radius 3 is 2.50 bits per heavy atom. The number of ether oxygens (including phenoxy) is 2. The van der Waals surface area contributed by atoms with Crippen molar-refractivity contribution in [2.45, 2.75) is 26.8 Å². The molecule has 7 nitrogen and oxygen atoms in total. The maximum atomic E-state index is 12.6. The van der Waals surface area contributed by atoms with Gasteiger partial charge in [-0.25, -0.2) is 8.42 Å². The molecular weight excluding hydrogens is 380 g/mol. The molecule has 1 amide bonds. The predicted octanol–water partition coefficient (Wildman–Crippen LogP) is 2.68. The summed E-state index contributed by atoms with van der Waals surface area (Å²) >= 11 is 0. The molecule has 8 heteroatoms. The third kappa shape index (κ3) is 4.39. The molecule has 0 aliphatic carbocycles. The molecule has 1 heterocycles. The lowest BCUT2D eigenvalue weighted by molar-refractivity contribution is -0.120. The highest BCUT2D eigenvalue weighted by Gasteiger charge is 2.24. The minimum Gasteiger partial charge on any atom is -0.454 e. The largest absolute Gasteiger partial charge is 0.454 e. The number of rotatable bonds is 6. The number of carbonyl (C=O) groups is 1. The Labute approximate surface area is 165 Å². The molecule has 1 aliphatic heterocycles. The van der Waals surface area contributed by atoms with Gasteiger partial charge in [-0.05, 0) is 49.6 Å². The maximum absolute atomic E-state index is 12.6. The molecule has 0 saturated heterocycles. The van der Waals surface area contributed by atoms with Gasteiger partial charge in [0.1, 0.15) is 6.54 Å². The first kappa shape index (κ1) is 20.0. The summed E-state index contributed by atoms with van der Waals surface area (Å²) in [6, 6.07) is 10.5. The lowest BCUT2D eigenvalue weighted by Crippen LogP contribution is -2.41. The van der Waals surface area contributed by atoms with E-state index in [0.29, 0.717) is 17.2 Å². The topological polar surface area (TPSA) is 84.9 Å². The van der Waals surface area contributed by atoms with Gasteiger partial charge in [0.2, 0.25) is 22.7 Å². The van der Waals surface area contributed by atoms with Crippen molar-refractivity contribution in [3.05, 3.63) is 53.1 Å². The minimum absolute atomic E-state index is 0.0889. The van der Waals surface area contributed by atoms with Crippen LogP contribution in [0.3, 0.4) is 0 Å². The predicted molar refractivity (Wildman–Crippen MR) is 107 cm³/mol. The molecule has 0 saturated carbocycles. The molecule has 1 unspecified atom stereocenters. The van der Waals surface area contributed by atoms with Gasteiger partial charge in [0.15, 0.2) is 11.5 Å². The fourth-order valence-electron chi connectivity index (χ4n) is 2.98. The van der Waals surface area contributed by atoms with Crippen LogP contribution in [0.4, 0.5) is 5.69 Å². The smallest absolute Gasteiger partial charge is 0.241 e. The highest BCUT2D eigenvalue weighted by molar-refractivity contribution is 7.92. The molecule has 0 aromatic heterocycles. The summed E-state index contributed by atoms with van der Waals surface area (Å²) in [5, 5.41) is 2.87. The van der Waals surface area contributed by atoms with Gasteiger partial charge in [-0.3, -0.25) is 9.10 Å². The Bertz CT molecular complexity index is 1000. The number of benzene rings is 2. The molecule has 2 aromatic rings. The molecule has 1 aliphatic rings. The average molecular weight is 404 g/mol. The summed E-state index contributed by atoms with van der Waals surface area (Å²) in [5.41, 5.74) is 3.62. The van der Waals surface area contributed by atoms with E-state index in [1.807, 2.05) is 39.0 Å². The number of anilines is 1. The Balaban J connectivity index is 1.76. The zero-order valence-electron chi connectivity index (χ0n) is 16.4. The molecule has 3 rings (SSSR count). The first-order valence-electron chi connectivity index (χ1n) is 8.89. The van der Waals surface area contributed by atoms with Gasteiger partial charge in [-0.2, -0.15) is 0 Å². The normalized spacial score (nSPS) is 13.9. The van der Waals surface area contributed by atoms with Crippen molar-refractivity contribution >= 4 is 21.6 Å². The van der Waals surface area contributed by atoms with E-state index in [-0.39, 0.29) is 19.4 Å². The summed E-state index contributed by atoms with van der Waals surface area (Å²) < 4.78 is 36.2. The van der Waals surface area contributed by atoms with Crippen LogP contribution >= 0.6 is 0 Å². The van der Waals surface area contributed by atoms with Crippen molar-refractivity contribution in [3.8, 4) is 11.5 Å². The molecule has 28 heavy (non-hydrogen) atoms. The quantitative estimate of drug-likeness (QED) is 0.800. The van der Waals surface area contributed by atoms with Crippen LogP contribution in [0.25, 0.3) is 0 Å². The third-order valence-corrected chi connectivity index (χ3v) is 5.88. The second-order valence-corrected chi connectivity index (χ2v) is 8.85. The second-order valence-electron chi connectivity index (χ2n) is 6.94. The Morgan fingerprint density at radius 1 is 1.11 bits per heavy atom. The third-order valence-electron chi connectivity index (χ3n) is 4.74. The summed E-state index contributed by atoms with van der Waals surface area (Å²) in [5.74, 6) is 0.605. The van der Waals surface area contributed by atoms with Crippen molar-refractivity contribution in [3.63, 3.8) is 0 Å². The fourth-order valence-corrected chi connectivity index (χ4v) is 3.82. The maximum Gasteiger partial charge on any atom is 0.241 e. The molecule has 0 fully saturated rings. The van der Waals surface area contributed by atoms with Crippen molar-refractivity contribution < 1.29 is 22.7 Å². The van der Waals surface area contributed by atoms with Crippen LogP contribution in [0.15, 0.2) is 36.4 Å². The van der Waals surface area contributed by atoms with Gasteiger partial charge >= 0.3 is 0 Å². The van der Waals surface area contributed by atoms with E-state index in [9.17, 15) is 13.2 Å². The molecule has 1 atom stereocenters. The van der Waals surface area contributed by atoms with Crippen LogP contribution in [0.5, 0.6) is 11.5 Å². The number of nitrogens with zero attached hydrogens (tertiary/aromatic N) is 1. The van der Waals surface area contributed by atoms with Crippen LogP contribution in [-0.2, 0) is 14.8 Å². The van der Waals surface area contributed by atoms with Gasteiger partial charge in [0, 0.05) is 6.07 Å². The highest BCUT2D eigenvalue weighted by atomic mass is 32.2. The zero-order chi connectivity index (χ0) is 20.5. The summed E-state index contributed by atoms with van der Waals surface area (Å²) in [7, 11) is -3.67. The molecule has 0 bridgehead atoms. The van der Waals surface area contributed by atoms with Crippen LogP contribution < -0.4 is 19.1 Å². The number of hydrogen-bond acceptors (Lipinski definition) is 5. The summed E-state index contributed by atoms with van der Waals surface area (Å²) in [6.45, 7) is 5.67. The number of amides is 1. The number of sulfonamides is 1. The lowest BCUT2D eigenvalue weighted by Gasteiger charge is -2.23. The van der Waals surface area contributed by atoms with E-state index >= 15 is 0 Å². The van der Waals surface area contributed by atoms with E-state index in [1.165, 1.54) is 5.56 Å². The van der Waals surface area contributed by atoms with E-state index < -0.39 is 15.9 Å². The van der Waals surface area contributed by atoms with Crippen LogP contribution in [0.2, 0.25) is 0 Å². The molecule has 1 N–H and O–H groups in total. The lowest BCUT2D eigenvalue weighted by atomic mass is 10.0. The Morgan fingerprint density at radius 2 is 1.82 bits per heavy atom. The van der Waals surface area contributed by atoms with Crippen molar-refractivity contribution in [1.29, 1.82) is 0 Å². The number of carbonyl (C=O) groups excluding carboxylic acids is 1. The number of hydrogen-bond donors (Lipinski definition) is 1. The number of aryl methyl sites for hydroxylation is 2. The van der Waals surface area contributed by atoms with E-state index in [2.05, 4.69) is 5.32 Å². The standard InChI is InChI=1S/C20H24N2O5S/c1-13-5-6-16(9-14(13)2)15(3)21-20(23)11-22(28(4,24)25)17-7-8-18-19(10-17)27-12-26-18/h5-10,15H,11-12H2,1-4H3,(H,21,23). The summed E-state index contributed by atoms with van der Waals surface area (Å²) in [4.78, 5) is 12.6. The first-order valence-corrected chi connectivity index (χ1v) is 10.7.